The average molecular weight is 347 g/mol. The molecule has 5 nitrogen and oxygen atoms in total. The lowest BCUT2D eigenvalue weighted by Gasteiger charge is -2.16. The zero-order valence-electron chi connectivity index (χ0n) is 14.7. The molecule has 132 valence electrons. The van der Waals surface area contributed by atoms with Crippen molar-refractivity contribution in [3.8, 4) is 17.0 Å². The summed E-state index contributed by atoms with van der Waals surface area (Å²) < 4.78 is 7.33. The molecule has 1 atom stereocenters. The maximum absolute atomic E-state index is 12.1. The maximum Gasteiger partial charge on any atom is 0.222 e. The monoisotopic (exact) mass is 347 g/mol. The summed E-state index contributed by atoms with van der Waals surface area (Å²) >= 11 is 0. The van der Waals surface area contributed by atoms with Gasteiger partial charge in [0.2, 0.25) is 5.91 Å². The van der Waals surface area contributed by atoms with Crippen LogP contribution in [0.2, 0.25) is 0 Å². The van der Waals surface area contributed by atoms with Crippen molar-refractivity contribution < 1.29 is 9.53 Å². The first-order valence-corrected chi connectivity index (χ1v) is 8.78. The Morgan fingerprint density at radius 2 is 1.92 bits per heavy atom. The van der Waals surface area contributed by atoms with Gasteiger partial charge in [0, 0.05) is 24.7 Å². The number of aromatic nitrogens is 2. The molecule has 5 heteroatoms. The van der Waals surface area contributed by atoms with E-state index in [4.69, 9.17) is 9.72 Å². The van der Waals surface area contributed by atoms with Crippen molar-refractivity contribution >= 4 is 5.91 Å². The maximum atomic E-state index is 12.1. The van der Waals surface area contributed by atoms with Gasteiger partial charge in [-0.2, -0.15) is 0 Å². The molecule has 1 aliphatic rings. The number of benzene rings is 2. The lowest BCUT2D eigenvalue weighted by Crippen LogP contribution is -2.28. The van der Waals surface area contributed by atoms with Gasteiger partial charge in [-0.1, -0.05) is 30.3 Å². The number of amides is 1. The van der Waals surface area contributed by atoms with E-state index in [1.54, 1.807) is 7.11 Å². The molecular weight excluding hydrogens is 326 g/mol. The minimum Gasteiger partial charge on any atom is -0.497 e. The second-order valence-electron chi connectivity index (χ2n) is 6.47. The van der Waals surface area contributed by atoms with E-state index >= 15 is 0 Å². The summed E-state index contributed by atoms with van der Waals surface area (Å²) in [4.78, 5) is 17.0. The number of aryl methyl sites for hydroxylation is 1. The third kappa shape index (κ3) is 3.33. The number of hydrogen-bond acceptors (Lipinski definition) is 3. The van der Waals surface area contributed by atoms with Crippen LogP contribution in [0.4, 0.5) is 0 Å². The molecular formula is C21H21N3O2. The van der Waals surface area contributed by atoms with Crippen LogP contribution in [0.25, 0.3) is 11.3 Å². The standard InChI is InChI=1S/C21H21N3O2/c1-26-17-9-7-16(8-10-17)19-14-24-12-11-20(25)22-18(21(24)23-19)13-15-5-3-2-4-6-15/h2-10,14,18H,11-13H2,1H3,(H,22,25). The van der Waals surface area contributed by atoms with E-state index in [-0.39, 0.29) is 11.9 Å². The topological polar surface area (TPSA) is 56.1 Å². The van der Waals surface area contributed by atoms with Crippen LogP contribution in [-0.2, 0) is 17.8 Å². The van der Waals surface area contributed by atoms with Gasteiger partial charge in [-0.15, -0.1) is 0 Å². The number of nitrogens with zero attached hydrogens (tertiary/aromatic N) is 2. The third-order valence-electron chi connectivity index (χ3n) is 4.70. The number of fused-ring (bicyclic) bond motifs is 1. The molecule has 3 aromatic rings. The molecule has 0 spiro atoms. The van der Waals surface area contributed by atoms with E-state index in [2.05, 4.69) is 22.0 Å². The highest BCUT2D eigenvalue weighted by atomic mass is 16.5. The molecule has 0 radical (unpaired) electrons. The number of ether oxygens (including phenoxy) is 1. The highest BCUT2D eigenvalue weighted by molar-refractivity contribution is 5.76. The van der Waals surface area contributed by atoms with Crippen molar-refractivity contribution in [1.82, 2.24) is 14.9 Å². The fourth-order valence-corrected chi connectivity index (χ4v) is 3.33. The number of imidazole rings is 1. The SMILES string of the molecule is COc1ccc(-c2cn3c(n2)C(Cc2ccccc2)NC(=O)CC3)cc1. The van der Waals surface area contributed by atoms with Crippen molar-refractivity contribution in [2.75, 3.05) is 7.11 Å². The van der Waals surface area contributed by atoms with Gasteiger partial charge >= 0.3 is 0 Å². The summed E-state index contributed by atoms with van der Waals surface area (Å²) in [5.41, 5.74) is 3.13. The summed E-state index contributed by atoms with van der Waals surface area (Å²) in [6, 6.07) is 17.9. The lowest BCUT2D eigenvalue weighted by atomic mass is 10.1. The van der Waals surface area contributed by atoms with Crippen LogP contribution >= 0.6 is 0 Å². The van der Waals surface area contributed by atoms with E-state index in [1.807, 2.05) is 48.7 Å². The molecule has 2 heterocycles. The molecule has 2 aromatic carbocycles. The number of methoxy groups -OCH3 is 1. The lowest BCUT2D eigenvalue weighted by molar-refractivity contribution is -0.121. The first kappa shape index (κ1) is 16.4. The summed E-state index contributed by atoms with van der Waals surface area (Å²) in [5.74, 6) is 1.80. The molecule has 1 aliphatic heterocycles. The van der Waals surface area contributed by atoms with Crippen molar-refractivity contribution in [3.63, 3.8) is 0 Å². The Hall–Kier alpha value is -3.08. The fraction of sp³-hybridized carbons (Fsp3) is 0.238. The van der Waals surface area contributed by atoms with E-state index < -0.39 is 0 Å². The molecule has 1 aromatic heterocycles. The second-order valence-corrected chi connectivity index (χ2v) is 6.47. The first-order chi connectivity index (χ1) is 12.7. The van der Waals surface area contributed by atoms with Crippen LogP contribution in [0, 0.1) is 0 Å². The van der Waals surface area contributed by atoms with Crippen molar-refractivity contribution in [2.45, 2.75) is 25.4 Å². The van der Waals surface area contributed by atoms with Crippen LogP contribution in [0.5, 0.6) is 5.75 Å². The van der Waals surface area contributed by atoms with Gasteiger partial charge in [0.25, 0.3) is 0 Å². The number of hydrogen-bond donors (Lipinski definition) is 1. The number of carbonyl (C=O) groups is 1. The largest absolute Gasteiger partial charge is 0.497 e. The molecule has 0 saturated carbocycles. The third-order valence-corrected chi connectivity index (χ3v) is 4.70. The smallest absolute Gasteiger partial charge is 0.222 e. The first-order valence-electron chi connectivity index (χ1n) is 8.78. The highest BCUT2D eigenvalue weighted by Crippen LogP contribution is 2.27. The Bertz CT molecular complexity index is 901. The zero-order chi connectivity index (χ0) is 17.9. The van der Waals surface area contributed by atoms with E-state index in [0.29, 0.717) is 13.0 Å². The number of rotatable bonds is 4. The molecule has 0 fully saturated rings. The fourth-order valence-electron chi connectivity index (χ4n) is 3.33. The van der Waals surface area contributed by atoms with Gasteiger partial charge in [-0.3, -0.25) is 4.79 Å². The molecule has 26 heavy (non-hydrogen) atoms. The van der Waals surface area contributed by atoms with Gasteiger partial charge < -0.3 is 14.6 Å². The minimum absolute atomic E-state index is 0.0717. The van der Waals surface area contributed by atoms with Crippen LogP contribution in [0.1, 0.15) is 23.9 Å². The molecule has 0 saturated heterocycles. The molecule has 4 rings (SSSR count). The molecule has 0 aliphatic carbocycles. The highest BCUT2D eigenvalue weighted by Gasteiger charge is 2.25. The molecule has 1 unspecified atom stereocenters. The summed E-state index contributed by atoms with van der Waals surface area (Å²) in [6.45, 7) is 0.648. The number of nitrogens with one attached hydrogen (secondary N) is 1. The van der Waals surface area contributed by atoms with Gasteiger partial charge in [0.05, 0.1) is 18.8 Å². The molecule has 1 amide bonds. The molecule has 1 N–H and O–H groups in total. The second kappa shape index (κ2) is 7.04. The van der Waals surface area contributed by atoms with Gasteiger partial charge in [0.1, 0.15) is 11.6 Å². The van der Waals surface area contributed by atoms with Crippen molar-refractivity contribution in [2.24, 2.45) is 0 Å². The predicted molar refractivity (Wildman–Crippen MR) is 99.9 cm³/mol. The summed E-state index contributed by atoms with van der Waals surface area (Å²) in [6.07, 6.45) is 3.23. The van der Waals surface area contributed by atoms with E-state index in [9.17, 15) is 4.79 Å². The zero-order valence-corrected chi connectivity index (χ0v) is 14.7. The van der Waals surface area contributed by atoms with E-state index in [1.165, 1.54) is 5.56 Å². The Labute approximate surface area is 152 Å². The van der Waals surface area contributed by atoms with Crippen LogP contribution in [0.3, 0.4) is 0 Å². The van der Waals surface area contributed by atoms with Gasteiger partial charge in [0.15, 0.2) is 0 Å². The van der Waals surface area contributed by atoms with Gasteiger partial charge in [-0.25, -0.2) is 4.98 Å². The minimum atomic E-state index is -0.126. The van der Waals surface area contributed by atoms with Crippen molar-refractivity contribution in [1.29, 1.82) is 0 Å². The average Bonchev–Trinajstić information content (AvgIpc) is 3.05. The Morgan fingerprint density at radius 3 is 2.65 bits per heavy atom. The van der Waals surface area contributed by atoms with Crippen LogP contribution in [0.15, 0.2) is 60.8 Å². The number of carbonyl (C=O) groups excluding carboxylic acids is 1. The van der Waals surface area contributed by atoms with Gasteiger partial charge in [-0.05, 0) is 36.2 Å². The van der Waals surface area contributed by atoms with Crippen molar-refractivity contribution in [3.05, 3.63) is 72.2 Å². The normalized spacial score (nSPS) is 16.5. The predicted octanol–water partition coefficient (Wildman–Crippen LogP) is 3.36. The summed E-state index contributed by atoms with van der Waals surface area (Å²) in [7, 11) is 1.66. The summed E-state index contributed by atoms with van der Waals surface area (Å²) in [5, 5.41) is 3.12. The Balaban J connectivity index is 1.67. The molecule has 0 bridgehead atoms. The van der Waals surface area contributed by atoms with E-state index in [0.717, 1.165) is 29.3 Å². The Morgan fingerprint density at radius 1 is 1.15 bits per heavy atom. The van der Waals surface area contributed by atoms with Crippen LogP contribution in [-0.4, -0.2) is 22.6 Å². The van der Waals surface area contributed by atoms with Crippen LogP contribution < -0.4 is 10.1 Å². The quantitative estimate of drug-likeness (QED) is 0.787. The Kier molecular flexibility index (Phi) is 4.44.